The van der Waals surface area contributed by atoms with Gasteiger partial charge in [0.25, 0.3) is 0 Å². The van der Waals surface area contributed by atoms with Gasteiger partial charge >= 0.3 is 0 Å². The third-order valence-electron chi connectivity index (χ3n) is 4.30. The summed E-state index contributed by atoms with van der Waals surface area (Å²) >= 11 is 0. The number of benzene rings is 1. The Bertz CT molecular complexity index is 375. The van der Waals surface area contributed by atoms with Crippen molar-refractivity contribution in [2.45, 2.75) is 53.0 Å². The molecule has 2 unspecified atom stereocenters. The highest BCUT2D eigenvalue weighted by molar-refractivity contribution is 5.25. The van der Waals surface area contributed by atoms with Crippen LogP contribution in [0.1, 0.15) is 57.7 Å². The molecular weight excluding hydrogens is 230 g/mol. The largest absolute Gasteiger partial charge is 0.310 e. The summed E-state index contributed by atoms with van der Waals surface area (Å²) in [7, 11) is 0. The highest BCUT2D eigenvalue weighted by atomic mass is 14.9. The summed E-state index contributed by atoms with van der Waals surface area (Å²) < 4.78 is 0. The zero-order valence-electron chi connectivity index (χ0n) is 12.9. The summed E-state index contributed by atoms with van der Waals surface area (Å²) in [5, 5.41) is 3.68. The van der Waals surface area contributed by atoms with Crippen LogP contribution in [0, 0.1) is 17.8 Å². The Morgan fingerprint density at radius 3 is 2.21 bits per heavy atom. The molecule has 0 aromatic heterocycles. The van der Waals surface area contributed by atoms with E-state index in [2.05, 4.69) is 57.3 Å². The lowest BCUT2D eigenvalue weighted by molar-refractivity contribution is 0.432. The number of hydrogen-bond acceptors (Lipinski definition) is 1. The molecule has 1 aromatic carbocycles. The minimum Gasteiger partial charge on any atom is -0.310 e. The molecule has 0 bridgehead atoms. The van der Waals surface area contributed by atoms with Crippen LogP contribution in [-0.2, 0) is 6.42 Å². The van der Waals surface area contributed by atoms with E-state index in [1.807, 2.05) is 0 Å². The van der Waals surface area contributed by atoms with Gasteiger partial charge in [-0.2, -0.15) is 0 Å². The average Bonchev–Trinajstić information content (AvgIpc) is 3.20. The van der Waals surface area contributed by atoms with Crippen LogP contribution in [0.5, 0.6) is 0 Å². The van der Waals surface area contributed by atoms with E-state index in [0.717, 1.165) is 24.3 Å². The third kappa shape index (κ3) is 4.65. The van der Waals surface area contributed by atoms with Crippen molar-refractivity contribution >= 4 is 0 Å². The molecule has 1 N–H and O–H groups in total. The van der Waals surface area contributed by atoms with Crippen LogP contribution in [0.4, 0.5) is 0 Å². The van der Waals surface area contributed by atoms with Gasteiger partial charge in [-0.05, 0) is 61.6 Å². The smallest absolute Gasteiger partial charge is 0.0291 e. The van der Waals surface area contributed by atoms with Gasteiger partial charge < -0.3 is 5.32 Å². The first-order chi connectivity index (χ1) is 9.06. The molecule has 2 atom stereocenters. The second kappa shape index (κ2) is 6.56. The van der Waals surface area contributed by atoms with E-state index in [4.69, 9.17) is 0 Å². The van der Waals surface area contributed by atoms with E-state index in [9.17, 15) is 0 Å². The quantitative estimate of drug-likeness (QED) is 0.755. The monoisotopic (exact) mass is 259 g/mol. The van der Waals surface area contributed by atoms with E-state index < -0.39 is 0 Å². The van der Waals surface area contributed by atoms with E-state index in [0.29, 0.717) is 6.04 Å². The van der Waals surface area contributed by atoms with Crippen molar-refractivity contribution in [3.63, 3.8) is 0 Å². The molecule has 0 heterocycles. The Morgan fingerprint density at radius 2 is 1.68 bits per heavy atom. The fourth-order valence-electron chi connectivity index (χ4n) is 2.73. The van der Waals surface area contributed by atoms with Gasteiger partial charge in [0.05, 0.1) is 0 Å². The molecule has 106 valence electrons. The summed E-state index contributed by atoms with van der Waals surface area (Å²) in [4.78, 5) is 0. The molecule has 1 nitrogen and oxygen atoms in total. The van der Waals surface area contributed by atoms with Crippen LogP contribution in [0.15, 0.2) is 24.3 Å². The predicted molar refractivity (Wildman–Crippen MR) is 83.3 cm³/mol. The molecule has 1 heteroatoms. The topological polar surface area (TPSA) is 12.0 Å². The minimum absolute atomic E-state index is 0.467. The van der Waals surface area contributed by atoms with Gasteiger partial charge in [-0.3, -0.25) is 0 Å². The Labute approximate surface area is 118 Å². The van der Waals surface area contributed by atoms with Crippen molar-refractivity contribution in [1.29, 1.82) is 0 Å². The molecular formula is C18H29N. The summed E-state index contributed by atoms with van der Waals surface area (Å²) in [5.74, 6) is 2.57. The molecule has 1 fully saturated rings. The van der Waals surface area contributed by atoms with Gasteiger partial charge in [-0.15, -0.1) is 0 Å². The van der Waals surface area contributed by atoms with Gasteiger partial charge in [0, 0.05) is 6.04 Å². The lowest BCUT2D eigenvalue weighted by Gasteiger charge is -2.18. The minimum atomic E-state index is 0.467. The van der Waals surface area contributed by atoms with Crippen molar-refractivity contribution in [2.24, 2.45) is 17.8 Å². The molecule has 1 aliphatic carbocycles. The maximum atomic E-state index is 3.68. The van der Waals surface area contributed by atoms with Gasteiger partial charge in [0.2, 0.25) is 0 Å². The molecule has 1 aromatic rings. The van der Waals surface area contributed by atoms with Crippen LogP contribution in [0.2, 0.25) is 0 Å². The van der Waals surface area contributed by atoms with E-state index >= 15 is 0 Å². The van der Waals surface area contributed by atoms with Gasteiger partial charge in [-0.1, -0.05) is 45.0 Å². The molecule has 1 aliphatic rings. The zero-order valence-corrected chi connectivity index (χ0v) is 12.9. The van der Waals surface area contributed by atoms with Gasteiger partial charge in [0.1, 0.15) is 0 Å². The SMILES string of the molecule is CC(C)Cc1ccc(C(C)NCC(C)C2CC2)cc1. The van der Waals surface area contributed by atoms with Crippen LogP contribution >= 0.6 is 0 Å². The summed E-state index contributed by atoms with van der Waals surface area (Å²) in [6.45, 7) is 10.4. The summed E-state index contributed by atoms with van der Waals surface area (Å²) in [5.41, 5.74) is 2.87. The number of nitrogens with one attached hydrogen (secondary N) is 1. The first-order valence-corrected chi connectivity index (χ1v) is 7.88. The summed E-state index contributed by atoms with van der Waals surface area (Å²) in [6.07, 6.45) is 4.07. The van der Waals surface area contributed by atoms with Crippen LogP contribution in [-0.4, -0.2) is 6.54 Å². The second-order valence-corrected chi connectivity index (χ2v) is 6.78. The lowest BCUT2D eigenvalue weighted by atomic mass is 9.99. The molecule has 0 aliphatic heterocycles. The number of rotatable bonds is 7. The predicted octanol–water partition coefficient (Wildman–Crippen LogP) is 4.58. The Balaban J connectivity index is 1.82. The highest BCUT2D eigenvalue weighted by Crippen LogP contribution is 2.36. The molecule has 19 heavy (non-hydrogen) atoms. The van der Waals surface area contributed by atoms with Crippen molar-refractivity contribution in [3.05, 3.63) is 35.4 Å². The maximum Gasteiger partial charge on any atom is 0.0291 e. The van der Waals surface area contributed by atoms with Gasteiger partial charge in [-0.25, -0.2) is 0 Å². The molecule has 0 saturated heterocycles. The van der Waals surface area contributed by atoms with Crippen LogP contribution in [0.3, 0.4) is 0 Å². The van der Waals surface area contributed by atoms with E-state index in [1.54, 1.807) is 0 Å². The van der Waals surface area contributed by atoms with E-state index in [-0.39, 0.29) is 0 Å². The molecule has 0 spiro atoms. The standard InChI is InChI=1S/C18H29N/c1-13(2)11-16-5-7-18(8-6-16)15(4)19-12-14(3)17-9-10-17/h5-8,13-15,17,19H,9-12H2,1-4H3. The van der Waals surface area contributed by atoms with E-state index in [1.165, 1.54) is 30.4 Å². The maximum absolute atomic E-state index is 3.68. The Hall–Kier alpha value is -0.820. The summed E-state index contributed by atoms with van der Waals surface area (Å²) in [6, 6.07) is 9.62. The molecule has 1 saturated carbocycles. The molecule has 0 amide bonds. The Morgan fingerprint density at radius 1 is 1.05 bits per heavy atom. The van der Waals surface area contributed by atoms with Crippen LogP contribution in [0.25, 0.3) is 0 Å². The lowest BCUT2D eigenvalue weighted by Crippen LogP contribution is -2.25. The fourth-order valence-corrected chi connectivity index (χ4v) is 2.73. The molecule has 0 radical (unpaired) electrons. The van der Waals surface area contributed by atoms with Crippen molar-refractivity contribution in [2.75, 3.05) is 6.54 Å². The zero-order chi connectivity index (χ0) is 13.8. The number of hydrogen-bond donors (Lipinski definition) is 1. The first kappa shape index (κ1) is 14.6. The van der Waals surface area contributed by atoms with Crippen molar-refractivity contribution < 1.29 is 0 Å². The molecule has 2 rings (SSSR count). The third-order valence-corrected chi connectivity index (χ3v) is 4.30. The fraction of sp³-hybridized carbons (Fsp3) is 0.667. The van der Waals surface area contributed by atoms with Gasteiger partial charge in [0.15, 0.2) is 0 Å². The normalized spacial score (nSPS) is 18.6. The van der Waals surface area contributed by atoms with Crippen molar-refractivity contribution in [1.82, 2.24) is 5.32 Å². The van der Waals surface area contributed by atoms with Crippen LogP contribution < -0.4 is 5.32 Å². The highest BCUT2D eigenvalue weighted by Gasteiger charge is 2.27. The Kier molecular flexibility index (Phi) is 5.04. The first-order valence-electron chi connectivity index (χ1n) is 7.88. The average molecular weight is 259 g/mol. The van der Waals surface area contributed by atoms with Crippen molar-refractivity contribution in [3.8, 4) is 0 Å². The second-order valence-electron chi connectivity index (χ2n) is 6.78.